The molecule has 1 aromatic carbocycles. The number of benzene rings is 1. The molecule has 29 heavy (non-hydrogen) atoms. The van der Waals surface area contributed by atoms with Crippen LogP contribution < -0.4 is 15.5 Å². The van der Waals surface area contributed by atoms with Crippen molar-refractivity contribution in [2.45, 2.75) is 58.3 Å². The van der Waals surface area contributed by atoms with Gasteiger partial charge in [-0.3, -0.25) is 9.59 Å². The Kier molecular flexibility index (Phi) is 8.35. The molecule has 0 aromatic heterocycles. The van der Waals surface area contributed by atoms with Crippen molar-refractivity contribution in [2.24, 2.45) is 5.92 Å². The maximum absolute atomic E-state index is 12.9. The molecule has 0 bridgehead atoms. The van der Waals surface area contributed by atoms with Crippen molar-refractivity contribution >= 4 is 23.2 Å². The zero-order valence-electron chi connectivity index (χ0n) is 17.7. The highest BCUT2D eigenvalue weighted by molar-refractivity contribution is 6.02. The largest absolute Gasteiger partial charge is 0.382 e. The lowest BCUT2D eigenvalue weighted by molar-refractivity contribution is -0.119. The fourth-order valence-electron chi connectivity index (χ4n) is 4.25. The second kappa shape index (κ2) is 11.2. The molecule has 6 heteroatoms. The summed E-state index contributed by atoms with van der Waals surface area (Å²) in [4.78, 5) is 27.8. The Morgan fingerprint density at radius 2 is 1.86 bits per heavy atom. The molecule has 1 heterocycles. The predicted molar refractivity (Wildman–Crippen MR) is 117 cm³/mol. The van der Waals surface area contributed by atoms with Gasteiger partial charge in [-0.1, -0.05) is 12.8 Å². The van der Waals surface area contributed by atoms with E-state index in [2.05, 4.69) is 15.5 Å². The van der Waals surface area contributed by atoms with Crippen LogP contribution in [0.2, 0.25) is 0 Å². The molecule has 160 valence electrons. The molecule has 0 atom stereocenters. The highest BCUT2D eigenvalue weighted by Gasteiger charge is 2.24. The van der Waals surface area contributed by atoms with E-state index < -0.39 is 0 Å². The molecule has 0 spiro atoms. The van der Waals surface area contributed by atoms with Gasteiger partial charge in [0.2, 0.25) is 5.91 Å². The van der Waals surface area contributed by atoms with Gasteiger partial charge in [0.05, 0.1) is 5.56 Å². The van der Waals surface area contributed by atoms with Crippen LogP contribution in [0, 0.1) is 5.92 Å². The molecular formula is C23H35N3O3. The Balaban J connectivity index is 1.71. The van der Waals surface area contributed by atoms with Gasteiger partial charge in [0.25, 0.3) is 5.91 Å². The van der Waals surface area contributed by atoms with E-state index >= 15 is 0 Å². The number of amides is 2. The number of carbonyl (C=O) groups is 2. The van der Waals surface area contributed by atoms with Crippen molar-refractivity contribution in [3.63, 3.8) is 0 Å². The van der Waals surface area contributed by atoms with E-state index in [4.69, 9.17) is 4.74 Å². The monoisotopic (exact) mass is 401 g/mol. The van der Waals surface area contributed by atoms with Crippen molar-refractivity contribution < 1.29 is 14.3 Å². The first-order chi connectivity index (χ1) is 14.2. The molecular weight excluding hydrogens is 366 g/mol. The molecule has 1 aliphatic heterocycles. The third-order valence-corrected chi connectivity index (χ3v) is 5.89. The summed E-state index contributed by atoms with van der Waals surface area (Å²) in [6.07, 6.45) is 8.51. The van der Waals surface area contributed by atoms with E-state index in [9.17, 15) is 9.59 Å². The number of hydrogen-bond donors (Lipinski definition) is 2. The van der Waals surface area contributed by atoms with Crippen molar-refractivity contribution in [3.05, 3.63) is 23.8 Å². The van der Waals surface area contributed by atoms with E-state index in [-0.39, 0.29) is 17.7 Å². The Hall–Kier alpha value is -2.08. The minimum Gasteiger partial charge on any atom is -0.382 e. The molecule has 3 rings (SSSR count). The van der Waals surface area contributed by atoms with Crippen LogP contribution in [-0.2, 0) is 9.53 Å². The van der Waals surface area contributed by atoms with Crippen molar-refractivity contribution in [1.82, 2.24) is 5.32 Å². The molecule has 6 nitrogen and oxygen atoms in total. The van der Waals surface area contributed by atoms with Crippen LogP contribution in [0.1, 0.15) is 68.6 Å². The van der Waals surface area contributed by atoms with E-state index in [0.29, 0.717) is 31.0 Å². The molecule has 2 aliphatic rings. The maximum atomic E-state index is 12.9. The standard InChI is InChI=1S/C23H35N3O3/c1-2-29-16-8-13-24-23(28)20-17-19(25-22(27)18-9-4-5-10-18)11-12-21(20)26-14-6-3-7-15-26/h11-12,17-18H,2-10,13-16H2,1H3,(H,24,28)(H,25,27). The number of ether oxygens (including phenoxy) is 1. The summed E-state index contributed by atoms with van der Waals surface area (Å²) in [5.74, 6) is 0.0999. The van der Waals surface area contributed by atoms with Gasteiger partial charge in [-0.15, -0.1) is 0 Å². The molecule has 2 amide bonds. The lowest BCUT2D eigenvalue weighted by atomic mass is 10.0. The Bertz CT molecular complexity index is 680. The van der Waals surface area contributed by atoms with Crippen LogP contribution in [0.15, 0.2) is 18.2 Å². The topological polar surface area (TPSA) is 70.7 Å². The fourth-order valence-corrected chi connectivity index (χ4v) is 4.25. The van der Waals surface area contributed by atoms with Crippen molar-refractivity contribution in [3.8, 4) is 0 Å². The number of anilines is 2. The molecule has 1 saturated carbocycles. The Morgan fingerprint density at radius 3 is 2.59 bits per heavy atom. The number of hydrogen-bond acceptors (Lipinski definition) is 4. The quantitative estimate of drug-likeness (QED) is 0.615. The van der Waals surface area contributed by atoms with Gasteiger partial charge < -0.3 is 20.3 Å². The van der Waals surface area contributed by atoms with Gasteiger partial charge in [0, 0.05) is 50.1 Å². The van der Waals surface area contributed by atoms with Crippen LogP contribution >= 0.6 is 0 Å². The zero-order chi connectivity index (χ0) is 20.5. The summed E-state index contributed by atoms with van der Waals surface area (Å²) in [6, 6.07) is 5.77. The summed E-state index contributed by atoms with van der Waals surface area (Å²) in [5, 5.41) is 6.05. The molecule has 2 fully saturated rings. The molecule has 1 aromatic rings. The Morgan fingerprint density at radius 1 is 1.10 bits per heavy atom. The van der Waals surface area contributed by atoms with Crippen molar-refractivity contribution in [1.29, 1.82) is 0 Å². The van der Waals surface area contributed by atoms with Gasteiger partial charge in [0.1, 0.15) is 0 Å². The van der Waals surface area contributed by atoms with E-state index in [1.807, 2.05) is 25.1 Å². The average molecular weight is 402 g/mol. The third kappa shape index (κ3) is 6.20. The van der Waals surface area contributed by atoms with Crippen LogP contribution in [-0.4, -0.2) is 44.7 Å². The highest BCUT2D eigenvalue weighted by Crippen LogP contribution is 2.29. The minimum absolute atomic E-state index is 0.0799. The molecule has 2 N–H and O–H groups in total. The maximum Gasteiger partial charge on any atom is 0.253 e. The fraction of sp³-hybridized carbons (Fsp3) is 0.652. The van der Waals surface area contributed by atoms with Crippen LogP contribution in [0.3, 0.4) is 0 Å². The summed E-state index contributed by atoms with van der Waals surface area (Å²) in [6.45, 7) is 5.83. The van der Waals surface area contributed by atoms with Crippen molar-refractivity contribution in [2.75, 3.05) is 43.1 Å². The van der Waals surface area contributed by atoms with E-state index in [1.54, 1.807) is 0 Å². The van der Waals surface area contributed by atoms with Crippen LogP contribution in [0.25, 0.3) is 0 Å². The smallest absolute Gasteiger partial charge is 0.253 e. The number of nitrogens with one attached hydrogen (secondary N) is 2. The number of carbonyl (C=O) groups excluding carboxylic acids is 2. The molecule has 0 unspecified atom stereocenters. The SMILES string of the molecule is CCOCCCNC(=O)c1cc(NC(=O)C2CCCC2)ccc1N1CCCCC1. The van der Waals surface area contributed by atoms with Gasteiger partial charge in [0.15, 0.2) is 0 Å². The van der Waals surface area contributed by atoms with Gasteiger partial charge in [-0.2, -0.15) is 0 Å². The first-order valence-electron chi connectivity index (χ1n) is 11.2. The number of rotatable bonds is 9. The lowest BCUT2D eigenvalue weighted by Crippen LogP contribution is -2.33. The normalized spacial score (nSPS) is 17.3. The Labute approximate surface area is 174 Å². The van der Waals surface area contributed by atoms with Crippen LogP contribution in [0.4, 0.5) is 11.4 Å². The summed E-state index contributed by atoms with van der Waals surface area (Å²) in [5.41, 5.74) is 2.32. The zero-order valence-corrected chi connectivity index (χ0v) is 17.7. The lowest BCUT2D eigenvalue weighted by Gasteiger charge is -2.30. The molecule has 0 radical (unpaired) electrons. The second-order valence-corrected chi connectivity index (χ2v) is 8.06. The summed E-state index contributed by atoms with van der Waals surface area (Å²) >= 11 is 0. The highest BCUT2D eigenvalue weighted by atomic mass is 16.5. The summed E-state index contributed by atoms with van der Waals surface area (Å²) < 4.78 is 5.34. The van der Waals surface area contributed by atoms with Gasteiger partial charge >= 0.3 is 0 Å². The van der Waals surface area contributed by atoms with Gasteiger partial charge in [-0.05, 0) is 63.6 Å². The number of piperidine rings is 1. The molecule has 1 saturated heterocycles. The van der Waals surface area contributed by atoms with Crippen LogP contribution in [0.5, 0.6) is 0 Å². The van der Waals surface area contributed by atoms with E-state index in [1.165, 1.54) is 6.42 Å². The predicted octanol–water partition coefficient (Wildman–Crippen LogP) is 3.96. The average Bonchev–Trinajstić information content (AvgIpc) is 3.29. The summed E-state index contributed by atoms with van der Waals surface area (Å²) in [7, 11) is 0. The third-order valence-electron chi connectivity index (χ3n) is 5.89. The first kappa shape index (κ1) is 21.6. The number of nitrogens with zero attached hydrogens (tertiary/aromatic N) is 1. The van der Waals surface area contributed by atoms with Gasteiger partial charge in [-0.25, -0.2) is 0 Å². The van der Waals surface area contributed by atoms with E-state index in [0.717, 1.165) is 63.7 Å². The first-order valence-corrected chi connectivity index (χ1v) is 11.2. The molecule has 1 aliphatic carbocycles. The minimum atomic E-state index is -0.0842. The second-order valence-electron chi connectivity index (χ2n) is 8.06.